The van der Waals surface area contributed by atoms with Crippen molar-refractivity contribution in [3.05, 3.63) is 105 Å². The van der Waals surface area contributed by atoms with Gasteiger partial charge in [0.2, 0.25) is 0 Å². The number of hydrogen-bond acceptors (Lipinski definition) is 5. The summed E-state index contributed by atoms with van der Waals surface area (Å²) in [6.45, 7) is 4.75. The van der Waals surface area contributed by atoms with E-state index in [9.17, 15) is 9.59 Å². The zero-order valence-corrected chi connectivity index (χ0v) is 21.2. The first kappa shape index (κ1) is 23.2. The standard InChI is InChI=1S/C29H30N6O2/c1-31-27-26(28(36)32(2)29(31)37)35(19-22-11-8-10-21-9-6-7-14-24(21)22)25(30-27)20-33-15-17-34(18-16-33)23-12-4-3-5-13-23/h3-14H,15-20H2,1-2H3. The summed E-state index contributed by atoms with van der Waals surface area (Å²) in [6, 6.07) is 25.0. The van der Waals surface area contributed by atoms with Crippen molar-refractivity contribution in [1.29, 1.82) is 0 Å². The van der Waals surface area contributed by atoms with Crippen LogP contribution >= 0.6 is 0 Å². The molecular weight excluding hydrogens is 464 g/mol. The number of benzene rings is 3. The number of para-hydroxylation sites is 1. The first-order valence-electron chi connectivity index (χ1n) is 12.7. The molecule has 0 amide bonds. The highest BCUT2D eigenvalue weighted by atomic mass is 16.2. The largest absolute Gasteiger partial charge is 0.369 e. The van der Waals surface area contributed by atoms with Crippen LogP contribution in [0.4, 0.5) is 5.69 Å². The lowest BCUT2D eigenvalue weighted by molar-refractivity contribution is 0.241. The van der Waals surface area contributed by atoms with Gasteiger partial charge in [0, 0.05) is 46.0 Å². The Hall–Kier alpha value is -4.17. The number of nitrogens with zero attached hydrogens (tertiary/aromatic N) is 6. The predicted molar refractivity (Wildman–Crippen MR) is 147 cm³/mol. The minimum Gasteiger partial charge on any atom is -0.369 e. The molecule has 0 bridgehead atoms. The molecule has 8 heteroatoms. The van der Waals surface area contributed by atoms with Crippen LogP contribution in [-0.2, 0) is 27.2 Å². The maximum absolute atomic E-state index is 13.3. The topological polar surface area (TPSA) is 68.3 Å². The Kier molecular flexibility index (Phi) is 5.88. The quantitative estimate of drug-likeness (QED) is 0.376. The van der Waals surface area contributed by atoms with Gasteiger partial charge in [-0.1, -0.05) is 60.7 Å². The number of fused-ring (bicyclic) bond motifs is 2. The zero-order chi connectivity index (χ0) is 25.5. The number of anilines is 1. The van der Waals surface area contributed by atoms with Crippen LogP contribution < -0.4 is 16.1 Å². The lowest BCUT2D eigenvalue weighted by Crippen LogP contribution is -2.46. The monoisotopic (exact) mass is 494 g/mol. The highest BCUT2D eigenvalue weighted by Gasteiger charge is 2.23. The number of rotatable bonds is 5. The molecule has 8 nitrogen and oxygen atoms in total. The highest BCUT2D eigenvalue weighted by molar-refractivity contribution is 5.86. The van der Waals surface area contributed by atoms with Crippen LogP contribution in [0.25, 0.3) is 21.9 Å². The van der Waals surface area contributed by atoms with E-state index in [1.165, 1.54) is 21.9 Å². The fourth-order valence-electron chi connectivity index (χ4n) is 5.39. The summed E-state index contributed by atoms with van der Waals surface area (Å²) in [5, 5.41) is 2.30. The molecule has 1 aliphatic heterocycles. The molecule has 2 aromatic heterocycles. The molecule has 0 aliphatic carbocycles. The van der Waals surface area contributed by atoms with Gasteiger partial charge in [-0.2, -0.15) is 0 Å². The first-order chi connectivity index (χ1) is 18.0. The van der Waals surface area contributed by atoms with Crippen molar-refractivity contribution in [3.8, 4) is 0 Å². The van der Waals surface area contributed by atoms with Crippen LogP contribution in [0.3, 0.4) is 0 Å². The van der Waals surface area contributed by atoms with Crippen molar-refractivity contribution >= 4 is 27.6 Å². The minimum absolute atomic E-state index is 0.314. The van der Waals surface area contributed by atoms with E-state index >= 15 is 0 Å². The van der Waals surface area contributed by atoms with Gasteiger partial charge in [0.25, 0.3) is 5.56 Å². The molecule has 1 fully saturated rings. The van der Waals surface area contributed by atoms with Crippen molar-refractivity contribution in [3.63, 3.8) is 0 Å². The molecule has 5 aromatic rings. The van der Waals surface area contributed by atoms with Crippen LogP contribution in [0.2, 0.25) is 0 Å². The highest BCUT2D eigenvalue weighted by Crippen LogP contribution is 2.23. The van der Waals surface area contributed by atoms with Crippen LogP contribution in [0.15, 0.2) is 82.4 Å². The number of imidazole rings is 1. The van der Waals surface area contributed by atoms with Gasteiger partial charge in [0.15, 0.2) is 11.2 Å². The molecule has 0 spiro atoms. The molecule has 0 atom stereocenters. The van der Waals surface area contributed by atoms with Gasteiger partial charge >= 0.3 is 5.69 Å². The smallest absolute Gasteiger partial charge is 0.332 e. The zero-order valence-electron chi connectivity index (χ0n) is 21.2. The Morgan fingerprint density at radius 1 is 0.757 bits per heavy atom. The van der Waals surface area contributed by atoms with E-state index in [1.54, 1.807) is 7.05 Å². The third-order valence-corrected chi connectivity index (χ3v) is 7.49. The van der Waals surface area contributed by atoms with Gasteiger partial charge in [-0.25, -0.2) is 9.78 Å². The molecule has 188 valence electrons. The number of aromatic nitrogens is 4. The first-order valence-corrected chi connectivity index (χ1v) is 12.7. The molecular formula is C29H30N6O2. The Labute approximate surface area is 214 Å². The minimum atomic E-state index is -0.365. The van der Waals surface area contributed by atoms with Gasteiger partial charge in [-0.15, -0.1) is 0 Å². The fourth-order valence-corrected chi connectivity index (χ4v) is 5.39. The maximum Gasteiger partial charge on any atom is 0.332 e. The molecule has 0 N–H and O–H groups in total. The van der Waals surface area contributed by atoms with Gasteiger partial charge in [0.05, 0.1) is 13.1 Å². The normalized spacial score (nSPS) is 14.6. The summed E-state index contributed by atoms with van der Waals surface area (Å²) in [5.74, 6) is 0.800. The Bertz CT molecular complexity index is 1700. The van der Waals surface area contributed by atoms with Gasteiger partial charge in [-0.05, 0) is 28.5 Å². The summed E-state index contributed by atoms with van der Waals surface area (Å²) in [4.78, 5) is 35.7. The summed E-state index contributed by atoms with van der Waals surface area (Å²) in [6.07, 6.45) is 0. The van der Waals surface area contributed by atoms with Gasteiger partial charge in [0.1, 0.15) is 5.82 Å². The molecule has 6 rings (SSSR count). The van der Waals surface area contributed by atoms with Gasteiger partial charge in [-0.3, -0.25) is 18.8 Å². The van der Waals surface area contributed by atoms with E-state index in [1.807, 2.05) is 28.8 Å². The summed E-state index contributed by atoms with van der Waals surface area (Å²) in [5.41, 5.74) is 2.58. The lowest BCUT2D eigenvalue weighted by atomic mass is 10.0. The van der Waals surface area contributed by atoms with E-state index in [0.717, 1.165) is 48.3 Å². The molecule has 3 heterocycles. The van der Waals surface area contributed by atoms with Crippen LogP contribution in [0, 0.1) is 0 Å². The second-order valence-corrected chi connectivity index (χ2v) is 9.73. The van der Waals surface area contributed by atoms with Crippen molar-refractivity contribution in [1.82, 2.24) is 23.6 Å². The molecule has 3 aromatic carbocycles. The number of piperazine rings is 1. The number of aryl methyl sites for hydroxylation is 1. The van der Waals surface area contributed by atoms with Crippen molar-refractivity contribution in [2.45, 2.75) is 13.1 Å². The summed E-state index contributed by atoms with van der Waals surface area (Å²) >= 11 is 0. The van der Waals surface area contributed by atoms with Crippen molar-refractivity contribution < 1.29 is 0 Å². The molecule has 0 unspecified atom stereocenters. The van der Waals surface area contributed by atoms with E-state index in [2.05, 4.69) is 58.3 Å². The molecule has 0 saturated carbocycles. The summed E-state index contributed by atoms with van der Waals surface area (Å²) < 4.78 is 4.67. The summed E-state index contributed by atoms with van der Waals surface area (Å²) in [7, 11) is 3.21. The third-order valence-electron chi connectivity index (χ3n) is 7.49. The lowest BCUT2D eigenvalue weighted by Gasteiger charge is -2.36. The van der Waals surface area contributed by atoms with Crippen molar-refractivity contribution in [2.75, 3.05) is 31.1 Å². The molecule has 0 radical (unpaired) electrons. The van der Waals surface area contributed by atoms with Gasteiger partial charge < -0.3 is 9.47 Å². The molecule has 1 aliphatic rings. The predicted octanol–water partition coefficient (Wildman–Crippen LogP) is 2.96. The Morgan fingerprint density at radius 3 is 2.24 bits per heavy atom. The Balaban J connectivity index is 1.39. The van der Waals surface area contributed by atoms with E-state index in [0.29, 0.717) is 24.3 Å². The van der Waals surface area contributed by atoms with Crippen molar-refractivity contribution in [2.24, 2.45) is 14.1 Å². The average Bonchev–Trinajstić information content (AvgIpc) is 3.29. The molecule has 1 saturated heterocycles. The third kappa shape index (κ3) is 4.13. The second-order valence-electron chi connectivity index (χ2n) is 9.73. The molecule has 37 heavy (non-hydrogen) atoms. The van der Waals surface area contributed by atoms with E-state index in [4.69, 9.17) is 4.98 Å². The number of hydrogen-bond donors (Lipinski definition) is 0. The van der Waals surface area contributed by atoms with Crippen LogP contribution in [0.5, 0.6) is 0 Å². The Morgan fingerprint density at radius 2 is 1.46 bits per heavy atom. The maximum atomic E-state index is 13.3. The van der Waals surface area contributed by atoms with Crippen LogP contribution in [-0.4, -0.2) is 49.8 Å². The SMILES string of the molecule is Cn1c(=O)c2c(nc(CN3CCN(c4ccccc4)CC3)n2Cc2cccc3ccccc23)n(C)c1=O. The average molecular weight is 495 g/mol. The van der Waals surface area contributed by atoms with Crippen LogP contribution in [0.1, 0.15) is 11.4 Å². The van der Waals surface area contributed by atoms with E-state index in [-0.39, 0.29) is 11.2 Å². The fraction of sp³-hybridized carbons (Fsp3) is 0.276. The van der Waals surface area contributed by atoms with E-state index < -0.39 is 0 Å². The second kappa shape index (κ2) is 9.37.